The molecule has 0 bridgehead atoms. The van der Waals surface area contributed by atoms with E-state index in [1.54, 1.807) is 6.07 Å². The van der Waals surface area contributed by atoms with Crippen LogP contribution in [-0.4, -0.2) is 30.8 Å². The molecule has 3 N–H and O–H groups in total. The molecule has 0 spiro atoms. The topological polar surface area (TPSA) is 44.3 Å². The van der Waals surface area contributed by atoms with Crippen LogP contribution in [0.4, 0.5) is 4.39 Å². The van der Waals surface area contributed by atoms with Gasteiger partial charge in [0.1, 0.15) is 5.82 Å². The van der Waals surface area contributed by atoms with Gasteiger partial charge in [-0.3, -0.25) is 0 Å². The van der Waals surface area contributed by atoms with Crippen molar-refractivity contribution in [2.45, 2.75) is 12.6 Å². The van der Waals surface area contributed by atoms with Gasteiger partial charge in [0.2, 0.25) is 0 Å². The number of benzene rings is 1. The van der Waals surface area contributed by atoms with Gasteiger partial charge in [-0.1, -0.05) is 12.1 Å². The zero-order valence-electron chi connectivity index (χ0n) is 9.53. The summed E-state index contributed by atoms with van der Waals surface area (Å²) < 4.78 is 12.9. The number of aliphatic hydroxyl groups excluding tert-OH is 1. The normalized spacial score (nSPS) is 23.4. The lowest BCUT2D eigenvalue weighted by Crippen LogP contribution is -2.30. The van der Waals surface area contributed by atoms with Crippen LogP contribution >= 0.6 is 12.4 Å². The molecule has 0 radical (unpaired) electrons. The Morgan fingerprint density at radius 1 is 1.41 bits per heavy atom. The quantitative estimate of drug-likeness (QED) is 0.754. The summed E-state index contributed by atoms with van der Waals surface area (Å²) in [6.07, 6.45) is -0.264. The van der Waals surface area contributed by atoms with Gasteiger partial charge in [-0.05, 0) is 17.7 Å². The summed E-state index contributed by atoms with van der Waals surface area (Å²) in [7, 11) is 0. The van der Waals surface area contributed by atoms with Gasteiger partial charge in [-0.2, -0.15) is 0 Å². The summed E-state index contributed by atoms with van der Waals surface area (Å²) in [6.45, 7) is 2.91. The van der Waals surface area contributed by atoms with Crippen LogP contribution in [0.5, 0.6) is 0 Å². The van der Waals surface area contributed by atoms with Crippen LogP contribution in [0.15, 0.2) is 24.3 Å². The first-order valence-electron chi connectivity index (χ1n) is 5.59. The van der Waals surface area contributed by atoms with E-state index in [-0.39, 0.29) is 30.2 Å². The third-order valence-electron chi connectivity index (χ3n) is 2.93. The van der Waals surface area contributed by atoms with E-state index in [0.29, 0.717) is 13.1 Å². The number of nitrogens with one attached hydrogen (secondary N) is 2. The Morgan fingerprint density at radius 2 is 2.24 bits per heavy atom. The average molecular weight is 261 g/mol. The van der Waals surface area contributed by atoms with Crippen molar-refractivity contribution in [2.24, 2.45) is 5.92 Å². The molecule has 2 atom stereocenters. The van der Waals surface area contributed by atoms with Gasteiger partial charge in [0, 0.05) is 32.1 Å². The summed E-state index contributed by atoms with van der Waals surface area (Å²) in [5.41, 5.74) is 0.931. The first-order valence-corrected chi connectivity index (χ1v) is 5.59. The lowest BCUT2D eigenvalue weighted by atomic mass is 10.1. The van der Waals surface area contributed by atoms with Gasteiger partial charge < -0.3 is 15.7 Å². The molecule has 2 rings (SSSR count). The maximum atomic E-state index is 12.9. The molecule has 1 aromatic carbocycles. The first-order chi connectivity index (χ1) is 7.75. The third-order valence-corrected chi connectivity index (χ3v) is 2.93. The van der Waals surface area contributed by atoms with Crippen LogP contribution in [0.3, 0.4) is 0 Å². The number of aliphatic hydroxyl groups is 1. The van der Waals surface area contributed by atoms with Crippen molar-refractivity contribution in [1.29, 1.82) is 0 Å². The number of hydrogen-bond donors (Lipinski definition) is 3. The van der Waals surface area contributed by atoms with Crippen molar-refractivity contribution in [3.63, 3.8) is 0 Å². The first kappa shape index (κ1) is 14.4. The Labute approximate surface area is 107 Å². The van der Waals surface area contributed by atoms with E-state index in [9.17, 15) is 9.50 Å². The summed E-state index contributed by atoms with van der Waals surface area (Å²) in [5.74, 6) is 0.0513. The molecule has 0 aromatic heterocycles. The van der Waals surface area contributed by atoms with E-state index in [1.165, 1.54) is 12.1 Å². The summed E-state index contributed by atoms with van der Waals surface area (Å²) >= 11 is 0. The minimum atomic E-state index is -0.264. The Kier molecular flexibility index (Phi) is 5.85. The number of β-amino-alcohol motifs (C(OH)–C–C–N with tert-alkyl or cyclic N) is 1. The number of hydrogen-bond acceptors (Lipinski definition) is 3. The van der Waals surface area contributed by atoms with Gasteiger partial charge >= 0.3 is 0 Å². The Morgan fingerprint density at radius 3 is 2.88 bits per heavy atom. The minimum absolute atomic E-state index is 0. The van der Waals surface area contributed by atoms with E-state index in [0.717, 1.165) is 18.7 Å². The lowest BCUT2D eigenvalue weighted by Gasteiger charge is -2.14. The van der Waals surface area contributed by atoms with Crippen molar-refractivity contribution in [3.05, 3.63) is 35.6 Å². The zero-order chi connectivity index (χ0) is 11.4. The second-order valence-corrected chi connectivity index (χ2v) is 4.25. The largest absolute Gasteiger partial charge is 0.391 e. The molecule has 0 saturated carbocycles. The van der Waals surface area contributed by atoms with E-state index in [2.05, 4.69) is 10.6 Å². The van der Waals surface area contributed by atoms with Crippen molar-refractivity contribution in [1.82, 2.24) is 10.6 Å². The van der Waals surface area contributed by atoms with Gasteiger partial charge in [0.15, 0.2) is 0 Å². The predicted molar refractivity (Wildman–Crippen MR) is 67.7 cm³/mol. The molecule has 17 heavy (non-hydrogen) atoms. The molecule has 1 aliphatic heterocycles. The molecule has 1 fully saturated rings. The van der Waals surface area contributed by atoms with Gasteiger partial charge in [0.25, 0.3) is 0 Å². The second-order valence-electron chi connectivity index (χ2n) is 4.25. The predicted octanol–water partition coefficient (Wildman–Crippen LogP) is 0.917. The van der Waals surface area contributed by atoms with E-state index >= 15 is 0 Å². The Balaban J connectivity index is 0.00000144. The highest BCUT2D eigenvalue weighted by molar-refractivity contribution is 5.85. The maximum Gasteiger partial charge on any atom is 0.123 e. The van der Waals surface area contributed by atoms with Gasteiger partial charge in [-0.25, -0.2) is 4.39 Å². The Hall–Kier alpha value is -0.680. The fraction of sp³-hybridized carbons (Fsp3) is 0.500. The lowest BCUT2D eigenvalue weighted by molar-refractivity contribution is 0.146. The molecule has 3 nitrogen and oxygen atoms in total. The highest BCUT2D eigenvalue weighted by atomic mass is 35.5. The Bertz CT molecular complexity index is 351. The fourth-order valence-corrected chi connectivity index (χ4v) is 1.98. The second kappa shape index (κ2) is 6.91. The SMILES string of the molecule is Cl.OC1CNCC1CNCc1cccc(F)c1. The van der Waals surface area contributed by atoms with E-state index in [4.69, 9.17) is 0 Å². The monoisotopic (exact) mass is 260 g/mol. The molecule has 96 valence electrons. The number of halogens is 2. The minimum Gasteiger partial charge on any atom is -0.391 e. The number of rotatable bonds is 4. The molecule has 1 heterocycles. The van der Waals surface area contributed by atoms with Crippen LogP contribution in [0.2, 0.25) is 0 Å². The maximum absolute atomic E-state index is 12.9. The van der Waals surface area contributed by atoms with Crippen molar-refractivity contribution < 1.29 is 9.50 Å². The molecule has 0 aliphatic carbocycles. The average Bonchev–Trinajstić information content (AvgIpc) is 2.65. The molecule has 1 saturated heterocycles. The van der Waals surface area contributed by atoms with Crippen molar-refractivity contribution in [3.8, 4) is 0 Å². The van der Waals surface area contributed by atoms with E-state index in [1.807, 2.05) is 6.07 Å². The van der Waals surface area contributed by atoms with Crippen LogP contribution in [0, 0.1) is 11.7 Å². The standard InChI is InChI=1S/C12H17FN2O.ClH/c13-11-3-1-2-9(4-11)5-14-6-10-7-15-8-12(10)16;/h1-4,10,12,14-16H,5-8H2;1H. The zero-order valence-corrected chi connectivity index (χ0v) is 10.3. The molecular formula is C12H18ClFN2O. The van der Waals surface area contributed by atoms with E-state index < -0.39 is 0 Å². The summed E-state index contributed by atoms with van der Waals surface area (Å²) in [6, 6.07) is 6.56. The molecule has 1 aliphatic rings. The highest BCUT2D eigenvalue weighted by Crippen LogP contribution is 2.08. The fourth-order valence-electron chi connectivity index (χ4n) is 1.98. The molecule has 2 unspecified atom stereocenters. The highest BCUT2D eigenvalue weighted by Gasteiger charge is 2.23. The molecule has 5 heteroatoms. The van der Waals surface area contributed by atoms with Crippen LogP contribution in [-0.2, 0) is 6.54 Å². The summed E-state index contributed by atoms with van der Waals surface area (Å²) in [4.78, 5) is 0. The molecular weight excluding hydrogens is 243 g/mol. The van der Waals surface area contributed by atoms with Crippen LogP contribution in [0.25, 0.3) is 0 Å². The smallest absolute Gasteiger partial charge is 0.123 e. The van der Waals surface area contributed by atoms with Crippen molar-refractivity contribution >= 4 is 12.4 Å². The van der Waals surface area contributed by atoms with Crippen LogP contribution < -0.4 is 10.6 Å². The van der Waals surface area contributed by atoms with Gasteiger partial charge in [-0.15, -0.1) is 12.4 Å². The van der Waals surface area contributed by atoms with Crippen molar-refractivity contribution in [2.75, 3.05) is 19.6 Å². The summed E-state index contributed by atoms with van der Waals surface area (Å²) in [5, 5.41) is 15.9. The molecule has 0 amide bonds. The molecule has 1 aromatic rings. The van der Waals surface area contributed by atoms with Crippen LogP contribution in [0.1, 0.15) is 5.56 Å². The van der Waals surface area contributed by atoms with Gasteiger partial charge in [0.05, 0.1) is 6.10 Å². The third kappa shape index (κ3) is 4.24.